The van der Waals surface area contributed by atoms with Crippen molar-refractivity contribution in [3.05, 3.63) is 36.5 Å². The van der Waals surface area contributed by atoms with Crippen LogP contribution in [-0.4, -0.2) is 31.2 Å². The molecule has 1 aromatic carbocycles. The molecule has 0 aliphatic rings. The molecule has 0 unspecified atom stereocenters. The van der Waals surface area contributed by atoms with Crippen molar-refractivity contribution in [2.45, 2.75) is 38.2 Å². The van der Waals surface area contributed by atoms with Gasteiger partial charge in [0.2, 0.25) is 10.0 Å². The standard InChI is InChI=1S/C16H22N2O3S/c1-12(19)10-16(2,3)11-18-22(20,21)15-8-4-7-14-13(15)6-5-9-17-14/h4-9,12,18-19H,10-11H2,1-3H3/t12-/m0/s1. The molecule has 0 aliphatic heterocycles. The summed E-state index contributed by atoms with van der Waals surface area (Å²) in [5.41, 5.74) is 0.318. The van der Waals surface area contributed by atoms with E-state index < -0.39 is 16.1 Å². The summed E-state index contributed by atoms with van der Waals surface area (Å²) in [6, 6.07) is 8.52. The molecular formula is C16H22N2O3S. The predicted octanol–water partition coefficient (Wildman–Crippen LogP) is 2.31. The van der Waals surface area contributed by atoms with Crippen LogP contribution in [0.15, 0.2) is 41.4 Å². The van der Waals surface area contributed by atoms with E-state index in [2.05, 4.69) is 9.71 Å². The van der Waals surface area contributed by atoms with E-state index in [-0.39, 0.29) is 16.9 Å². The summed E-state index contributed by atoms with van der Waals surface area (Å²) in [5, 5.41) is 10.1. The molecule has 0 saturated carbocycles. The van der Waals surface area contributed by atoms with E-state index in [4.69, 9.17) is 0 Å². The Morgan fingerprint density at radius 1 is 1.27 bits per heavy atom. The Kier molecular flexibility index (Phi) is 4.84. The Balaban J connectivity index is 2.27. The molecule has 0 amide bonds. The Labute approximate surface area is 131 Å². The average molecular weight is 322 g/mol. The van der Waals surface area contributed by atoms with Crippen LogP contribution in [-0.2, 0) is 10.0 Å². The fourth-order valence-electron chi connectivity index (χ4n) is 2.55. The zero-order valence-corrected chi connectivity index (χ0v) is 13.9. The van der Waals surface area contributed by atoms with E-state index in [0.29, 0.717) is 17.3 Å². The molecule has 5 nitrogen and oxygen atoms in total. The molecule has 1 heterocycles. The molecule has 0 bridgehead atoms. The van der Waals surface area contributed by atoms with Gasteiger partial charge in [-0.25, -0.2) is 13.1 Å². The van der Waals surface area contributed by atoms with Crippen molar-refractivity contribution in [1.82, 2.24) is 9.71 Å². The topological polar surface area (TPSA) is 79.3 Å². The lowest BCUT2D eigenvalue weighted by atomic mass is 9.87. The number of nitrogens with one attached hydrogen (secondary N) is 1. The Hall–Kier alpha value is -1.50. The molecule has 22 heavy (non-hydrogen) atoms. The average Bonchev–Trinajstić information content (AvgIpc) is 2.43. The SMILES string of the molecule is C[C@H](O)CC(C)(C)CNS(=O)(=O)c1cccc2ncccc12. The molecule has 0 aliphatic carbocycles. The summed E-state index contributed by atoms with van der Waals surface area (Å²) in [4.78, 5) is 4.41. The number of hydrogen-bond acceptors (Lipinski definition) is 4. The highest BCUT2D eigenvalue weighted by Gasteiger charge is 2.24. The van der Waals surface area contributed by atoms with Crippen LogP contribution in [0, 0.1) is 5.41 Å². The van der Waals surface area contributed by atoms with Crippen molar-refractivity contribution in [3.8, 4) is 0 Å². The zero-order valence-electron chi connectivity index (χ0n) is 13.1. The van der Waals surface area contributed by atoms with E-state index in [1.54, 1.807) is 43.5 Å². The highest BCUT2D eigenvalue weighted by Crippen LogP contribution is 2.24. The number of aliphatic hydroxyl groups is 1. The number of sulfonamides is 1. The second-order valence-electron chi connectivity index (χ2n) is 6.37. The fraction of sp³-hybridized carbons (Fsp3) is 0.438. The second-order valence-corrected chi connectivity index (χ2v) is 8.10. The minimum absolute atomic E-state index is 0.228. The van der Waals surface area contributed by atoms with Crippen molar-refractivity contribution in [1.29, 1.82) is 0 Å². The normalized spacial score (nSPS) is 14.2. The van der Waals surface area contributed by atoms with Crippen molar-refractivity contribution < 1.29 is 13.5 Å². The summed E-state index contributed by atoms with van der Waals surface area (Å²) >= 11 is 0. The van der Waals surface area contributed by atoms with Gasteiger partial charge in [0.15, 0.2) is 0 Å². The van der Waals surface area contributed by atoms with Gasteiger partial charge in [0.1, 0.15) is 0 Å². The predicted molar refractivity (Wildman–Crippen MR) is 87.0 cm³/mol. The number of hydrogen-bond donors (Lipinski definition) is 2. The number of aromatic nitrogens is 1. The number of rotatable bonds is 6. The summed E-state index contributed by atoms with van der Waals surface area (Å²) in [7, 11) is -3.63. The van der Waals surface area contributed by atoms with Gasteiger partial charge in [-0.1, -0.05) is 19.9 Å². The number of benzene rings is 1. The van der Waals surface area contributed by atoms with Crippen LogP contribution in [0.2, 0.25) is 0 Å². The molecule has 1 aromatic heterocycles. The van der Waals surface area contributed by atoms with Crippen LogP contribution in [0.1, 0.15) is 27.2 Å². The molecule has 0 spiro atoms. The minimum Gasteiger partial charge on any atom is -0.393 e. The first-order chi connectivity index (χ1) is 10.2. The van der Waals surface area contributed by atoms with Crippen LogP contribution in [0.5, 0.6) is 0 Å². The number of aliphatic hydroxyl groups excluding tert-OH is 1. The number of pyridine rings is 1. The molecule has 0 fully saturated rings. The third-order valence-electron chi connectivity index (χ3n) is 3.48. The lowest BCUT2D eigenvalue weighted by Crippen LogP contribution is -2.35. The Bertz CT molecular complexity index is 750. The van der Waals surface area contributed by atoms with E-state index in [9.17, 15) is 13.5 Å². The van der Waals surface area contributed by atoms with Gasteiger partial charge < -0.3 is 5.11 Å². The van der Waals surface area contributed by atoms with Gasteiger partial charge >= 0.3 is 0 Å². The number of fused-ring (bicyclic) bond motifs is 1. The van der Waals surface area contributed by atoms with E-state index >= 15 is 0 Å². The van der Waals surface area contributed by atoms with E-state index in [0.717, 1.165) is 0 Å². The molecular weight excluding hydrogens is 300 g/mol. The highest BCUT2D eigenvalue weighted by molar-refractivity contribution is 7.89. The monoisotopic (exact) mass is 322 g/mol. The first-order valence-corrected chi connectivity index (χ1v) is 8.71. The highest BCUT2D eigenvalue weighted by atomic mass is 32.2. The lowest BCUT2D eigenvalue weighted by Gasteiger charge is -2.26. The molecule has 120 valence electrons. The second kappa shape index (κ2) is 6.32. The van der Waals surface area contributed by atoms with Crippen LogP contribution in [0.4, 0.5) is 0 Å². The van der Waals surface area contributed by atoms with Crippen molar-refractivity contribution >= 4 is 20.9 Å². The van der Waals surface area contributed by atoms with Gasteiger partial charge in [0, 0.05) is 18.1 Å². The maximum Gasteiger partial charge on any atom is 0.241 e. The molecule has 0 saturated heterocycles. The maximum atomic E-state index is 12.6. The zero-order chi connectivity index (χ0) is 16.4. The number of nitrogens with zero attached hydrogens (tertiary/aromatic N) is 1. The summed E-state index contributed by atoms with van der Waals surface area (Å²) in [6.07, 6.45) is 1.69. The first kappa shape index (κ1) is 16.9. The van der Waals surface area contributed by atoms with Gasteiger partial charge in [0.05, 0.1) is 16.5 Å². The van der Waals surface area contributed by atoms with Crippen LogP contribution >= 0.6 is 0 Å². The van der Waals surface area contributed by atoms with Gasteiger partial charge in [-0.3, -0.25) is 4.98 Å². The summed E-state index contributed by atoms with van der Waals surface area (Å²) < 4.78 is 27.8. The smallest absolute Gasteiger partial charge is 0.241 e. The van der Waals surface area contributed by atoms with Crippen LogP contribution < -0.4 is 4.72 Å². The van der Waals surface area contributed by atoms with Gasteiger partial charge in [0.25, 0.3) is 0 Å². The molecule has 0 radical (unpaired) electrons. The van der Waals surface area contributed by atoms with E-state index in [1.165, 1.54) is 0 Å². The lowest BCUT2D eigenvalue weighted by molar-refractivity contribution is 0.131. The van der Waals surface area contributed by atoms with Crippen LogP contribution in [0.3, 0.4) is 0 Å². The van der Waals surface area contributed by atoms with Crippen molar-refractivity contribution in [2.24, 2.45) is 5.41 Å². The molecule has 2 rings (SSSR count). The van der Waals surface area contributed by atoms with Crippen LogP contribution in [0.25, 0.3) is 10.9 Å². The van der Waals surface area contributed by atoms with Gasteiger partial charge in [-0.2, -0.15) is 0 Å². The summed E-state index contributed by atoms with van der Waals surface area (Å²) in [5.74, 6) is 0. The molecule has 6 heteroatoms. The summed E-state index contributed by atoms with van der Waals surface area (Å²) in [6.45, 7) is 5.81. The maximum absolute atomic E-state index is 12.6. The largest absolute Gasteiger partial charge is 0.393 e. The third-order valence-corrected chi connectivity index (χ3v) is 4.94. The Morgan fingerprint density at radius 3 is 2.68 bits per heavy atom. The fourth-order valence-corrected chi connectivity index (χ4v) is 4.01. The van der Waals surface area contributed by atoms with Gasteiger partial charge in [-0.15, -0.1) is 0 Å². The van der Waals surface area contributed by atoms with E-state index in [1.807, 2.05) is 13.8 Å². The minimum atomic E-state index is -3.63. The van der Waals surface area contributed by atoms with Gasteiger partial charge in [-0.05, 0) is 43.0 Å². The van der Waals surface area contributed by atoms with Crippen molar-refractivity contribution in [3.63, 3.8) is 0 Å². The quantitative estimate of drug-likeness (QED) is 0.855. The van der Waals surface area contributed by atoms with Crippen molar-refractivity contribution in [2.75, 3.05) is 6.54 Å². The Morgan fingerprint density at radius 2 is 2.00 bits per heavy atom. The first-order valence-electron chi connectivity index (χ1n) is 7.23. The third kappa shape index (κ3) is 4.03. The molecule has 2 N–H and O–H groups in total. The molecule has 1 atom stereocenters. The molecule has 2 aromatic rings.